The molecule has 1 saturated heterocycles. The van der Waals surface area contributed by atoms with Crippen LogP contribution in [-0.4, -0.2) is 30.6 Å². The number of carbonyl (C=O) groups is 1. The number of carbonyl (C=O) groups excluding carboxylic acids is 1. The van der Waals surface area contributed by atoms with Crippen LogP contribution in [0.15, 0.2) is 12.1 Å². The Morgan fingerprint density at radius 2 is 2.15 bits per heavy atom. The summed E-state index contributed by atoms with van der Waals surface area (Å²) in [4.78, 5) is 17.8. The summed E-state index contributed by atoms with van der Waals surface area (Å²) in [5, 5.41) is 0. The van der Waals surface area contributed by atoms with Gasteiger partial charge in [0.1, 0.15) is 5.82 Å². The Bertz CT molecular complexity index is 470. The van der Waals surface area contributed by atoms with Crippen LogP contribution in [0, 0.1) is 5.92 Å². The molecule has 20 heavy (non-hydrogen) atoms. The number of anilines is 2. The number of hydrogen-bond acceptors (Lipinski definition) is 5. The van der Waals surface area contributed by atoms with E-state index in [9.17, 15) is 4.79 Å². The van der Waals surface area contributed by atoms with Gasteiger partial charge in [-0.25, -0.2) is 0 Å². The standard InChI is InChI=1S/C14H22N4O2/c1-2-9-20-14-11(15)3-4-12(17-14)18-7-5-10(6-8-18)13(16)19/h3-4,10H,2,5-9,15H2,1H3,(H2,16,19). The van der Waals surface area contributed by atoms with Gasteiger partial charge in [-0.05, 0) is 31.4 Å². The number of piperidine rings is 1. The molecule has 2 rings (SSSR count). The van der Waals surface area contributed by atoms with Crippen molar-refractivity contribution in [3.8, 4) is 5.88 Å². The minimum absolute atomic E-state index is 0.0177. The number of nitrogens with zero attached hydrogens (tertiary/aromatic N) is 2. The molecule has 0 saturated carbocycles. The van der Waals surface area contributed by atoms with E-state index < -0.39 is 0 Å². The van der Waals surface area contributed by atoms with Crippen molar-refractivity contribution in [2.75, 3.05) is 30.3 Å². The van der Waals surface area contributed by atoms with Gasteiger partial charge in [0.25, 0.3) is 0 Å². The molecule has 1 aliphatic heterocycles. The Kier molecular flexibility index (Phi) is 4.65. The third-order valence-corrected chi connectivity index (χ3v) is 3.54. The first-order chi connectivity index (χ1) is 9.61. The second-order valence-electron chi connectivity index (χ2n) is 5.08. The van der Waals surface area contributed by atoms with E-state index in [2.05, 4.69) is 9.88 Å². The quantitative estimate of drug-likeness (QED) is 0.842. The summed E-state index contributed by atoms with van der Waals surface area (Å²) in [7, 11) is 0. The maximum absolute atomic E-state index is 11.2. The molecule has 1 aromatic rings. The third-order valence-electron chi connectivity index (χ3n) is 3.54. The summed E-state index contributed by atoms with van der Waals surface area (Å²) in [5.41, 5.74) is 11.7. The minimum Gasteiger partial charge on any atom is -0.476 e. The van der Waals surface area contributed by atoms with Gasteiger partial charge in [-0.1, -0.05) is 6.92 Å². The Morgan fingerprint density at radius 1 is 1.45 bits per heavy atom. The van der Waals surface area contributed by atoms with Crippen LogP contribution in [-0.2, 0) is 4.79 Å². The van der Waals surface area contributed by atoms with Crippen molar-refractivity contribution in [2.45, 2.75) is 26.2 Å². The number of rotatable bonds is 5. The van der Waals surface area contributed by atoms with Crippen LogP contribution < -0.4 is 21.1 Å². The summed E-state index contributed by atoms with van der Waals surface area (Å²) in [6.07, 6.45) is 2.45. The summed E-state index contributed by atoms with van der Waals surface area (Å²) in [5.74, 6) is 1.10. The molecule has 0 aliphatic carbocycles. The summed E-state index contributed by atoms with van der Waals surface area (Å²) >= 11 is 0. The van der Waals surface area contributed by atoms with Crippen LogP contribution in [0.1, 0.15) is 26.2 Å². The summed E-state index contributed by atoms with van der Waals surface area (Å²) < 4.78 is 5.54. The fraction of sp³-hybridized carbons (Fsp3) is 0.571. The largest absolute Gasteiger partial charge is 0.476 e. The lowest BCUT2D eigenvalue weighted by molar-refractivity contribution is -0.122. The fourth-order valence-corrected chi connectivity index (χ4v) is 2.33. The number of hydrogen-bond donors (Lipinski definition) is 2. The van der Waals surface area contributed by atoms with E-state index in [4.69, 9.17) is 16.2 Å². The van der Waals surface area contributed by atoms with E-state index in [1.807, 2.05) is 19.1 Å². The minimum atomic E-state index is -0.207. The highest BCUT2D eigenvalue weighted by Gasteiger charge is 2.24. The van der Waals surface area contributed by atoms with Gasteiger partial charge in [-0.3, -0.25) is 4.79 Å². The van der Waals surface area contributed by atoms with Crippen LogP contribution in [0.25, 0.3) is 0 Å². The molecule has 0 spiro atoms. The van der Waals surface area contributed by atoms with E-state index in [-0.39, 0.29) is 11.8 Å². The monoisotopic (exact) mass is 278 g/mol. The van der Waals surface area contributed by atoms with E-state index >= 15 is 0 Å². The van der Waals surface area contributed by atoms with Crippen molar-refractivity contribution in [2.24, 2.45) is 11.7 Å². The maximum Gasteiger partial charge on any atom is 0.239 e. The Balaban J connectivity index is 2.04. The molecule has 0 bridgehead atoms. The van der Waals surface area contributed by atoms with E-state index in [1.54, 1.807) is 0 Å². The number of primary amides is 1. The first-order valence-corrected chi connectivity index (χ1v) is 7.05. The molecule has 1 aliphatic rings. The van der Waals surface area contributed by atoms with Crippen LogP contribution in [0.4, 0.5) is 11.5 Å². The number of ether oxygens (including phenoxy) is 1. The number of nitrogen functional groups attached to an aromatic ring is 1. The van der Waals surface area contributed by atoms with Crippen molar-refractivity contribution < 1.29 is 9.53 Å². The lowest BCUT2D eigenvalue weighted by Crippen LogP contribution is -2.38. The lowest BCUT2D eigenvalue weighted by Gasteiger charge is -2.31. The maximum atomic E-state index is 11.2. The van der Waals surface area contributed by atoms with Gasteiger partial charge in [0.15, 0.2) is 0 Å². The predicted octanol–water partition coefficient (Wildman–Crippen LogP) is 1.15. The Morgan fingerprint density at radius 3 is 2.75 bits per heavy atom. The van der Waals surface area contributed by atoms with Gasteiger partial charge >= 0.3 is 0 Å². The molecule has 1 aromatic heterocycles. The second kappa shape index (κ2) is 6.45. The molecular formula is C14H22N4O2. The first kappa shape index (κ1) is 14.4. The van der Waals surface area contributed by atoms with Crippen LogP contribution >= 0.6 is 0 Å². The van der Waals surface area contributed by atoms with Gasteiger partial charge < -0.3 is 21.1 Å². The van der Waals surface area contributed by atoms with Gasteiger partial charge in [0, 0.05) is 19.0 Å². The van der Waals surface area contributed by atoms with E-state index in [0.717, 1.165) is 38.2 Å². The highest BCUT2D eigenvalue weighted by molar-refractivity contribution is 5.77. The lowest BCUT2D eigenvalue weighted by atomic mass is 9.96. The molecule has 1 amide bonds. The highest BCUT2D eigenvalue weighted by atomic mass is 16.5. The van der Waals surface area contributed by atoms with Crippen LogP contribution in [0.5, 0.6) is 5.88 Å². The average molecular weight is 278 g/mol. The molecule has 4 N–H and O–H groups in total. The number of amides is 1. The Hall–Kier alpha value is -1.98. The number of nitrogens with two attached hydrogens (primary N) is 2. The summed E-state index contributed by atoms with van der Waals surface area (Å²) in [6, 6.07) is 3.70. The molecule has 0 unspecified atom stereocenters. The molecule has 6 heteroatoms. The number of pyridine rings is 1. The molecule has 2 heterocycles. The van der Waals surface area contributed by atoms with E-state index in [0.29, 0.717) is 18.2 Å². The normalized spacial score (nSPS) is 16.1. The average Bonchev–Trinajstić information content (AvgIpc) is 2.46. The zero-order valence-electron chi connectivity index (χ0n) is 11.8. The van der Waals surface area contributed by atoms with Crippen LogP contribution in [0.3, 0.4) is 0 Å². The van der Waals surface area contributed by atoms with Gasteiger partial charge in [-0.2, -0.15) is 4.98 Å². The van der Waals surface area contributed by atoms with Crippen molar-refractivity contribution >= 4 is 17.4 Å². The molecule has 6 nitrogen and oxygen atoms in total. The van der Waals surface area contributed by atoms with Crippen molar-refractivity contribution in [3.63, 3.8) is 0 Å². The Labute approximate surface area is 119 Å². The SMILES string of the molecule is CCCOc1nc(N2CCC(C(N)=O)CC2)ccc1N. The molecule has 0 radical (unpaired) electrons. The molecule has 110 valence electrons. The molecule has 0 aromatic carbocycles. The zero-order valence-corrected chi connectivity index (χ0v) is 11.8. The van der Waals surface area contributed by atoms with Gasteiger partial charge in [0.2, 0.25) is 11.8 Å². The van der Waals surface area contributed by atoms with Gasteiger partial charge in [0.05, 0.1) is 12.3 Å². The fourth-order valence-electron chi connectivity index (χ4n) is 2.33. The van der Waals surface area contributed by atoms with Crippen molar-refractivity contribution in [1.29, 1.82) is 0 Å². The molecular weight excluding hydrogens is 256 g/mol. The van der Waals surface area contributed by atoms with Gasteiger partial charge in [-0.15, -0.1) is 0 Å². The zero-order chi connectivity index (χ0) is 14.5. The first-order valence-electron chi connectivity index (χ1n) is 7.05. The smallest absolute Gasteiger partial charge is 0.239 e. The third kappa shape index (κ3) is 3.31. The van der Waals surface area contributed by atoms with E-state index in [1.165, 1.54) is 0 Å². The van der Waals surface area contributed by atoms with Crippen LogP contribution in [0.2, 0.25) is 0 Å². The molecule has 0 atom stereocenters. The van der Waals surface area contributed by atoms with Crippen molar-refractivity contribution in [1.82, 2.24) is 4.98 Å². The topological polar surface area (TPSA) is 94.5 Å². The second-order valence-corrected chi connectivity index (χ2v) is 5.08. The predicted molar refractivity (Wildman–Crippen MR) is 78.6 cm³/mol. The number of aromatic nitrogens is 1. The summed E-state index contributed by atoms with van der Waals surface area (Å²) in [6.45, 7) is 4.19. The molecule has 1 fully saturated rings. The highest BCUT2D eigenvalue weighted by Crippen LogP contribution is 2.26. The van der Waals surface area contributed by atoms with Crippen molar-refractivity contribution in [3.05, 3.63) is 12.1 Å².